The van der Waals surface area contributed by atoms with Crippen molar-refractivity contribution in [3.63, 3.8) is 0 Å². The molecule has 1 aliphatic carbocycles. The second-order valence-corrected chi connectivity index (χ2v) is 8.45. The van der Waals surface area contributed by atoms with Crippen LogP contribution in [0.3, 0.4) is 0 Å². The minimum atomic E-state index is -0.0443. The molecule has 0 aliphatic heterocycles. The number of thiophene rings is 1. The maximum atomic E-state index is 12.5. The number of rotatable bonds is 7. The minimum Gasteiger partial charge on any atom is -0.383 e. The van der Waals surface area contributed by atoms with Crippen LogP contribution in [-0.2, 0) is 28.1 Å². The van der Waals surface area contributed by atoms with Gasteiger partial charge in [-0.05, 0) is 30.7 Å². The van der Waals surface area contributed by atoms with Crippen LogP contribution in [-0.4, -0.2) is 41.9 Å². The third kappa shape index (κ3) is 4.43. The van der Waals surface area contributed by atoms with Crippen LogP contribution in [0.4, 0.5) is 0 Å². The smallest absolute Gasteiger partial charge is 0.259 e. The van der Waals surface area contributed by atoms with Crippen LogP contribution in [0.25, 0.3) is 10.2 Å². The zero-order valence-electron chi connectivity index (χ0n) is 14.5. The van der Waals surface area contributed by atoms with Gasteiger partial charge < -0.3 is 15.0 Å². The number of aromatic nitrogens is 2. The molecular formula is C17H23N3O3S2. The molecule has 0 saturated carbocycles. The number of aromatic amines is 1. The van der Waals surface area contributed by atoms with Gasteiger partial charge in [-0.25, -0.2) is 4.98 Å². The molecule has 2 heterocycles. The van der Waals surface area contributed by atoms with E-state index >= 15 is 0 Å². The van der Waals surface area contributed by atoms with Gasteiger partial charge >= 0.3 is 0 Å². The first kappa shape index (κ1) is 18.4. The number of nitrogens with one attached hydrogen (secondary N) is 2. The SMILES string of the molecule is COCCNC(=O)CSCc1nc2sc3c(c2c(=O)[nH]1)CC[C@@H](C)C3. The van der Waals surface area contributed by atoms with Gasteiger partial charge in [-0.3, -0.25) is 9.59 Å². The molecule has 136 valence electrons. The van der Waals surface area contributed by atoms with Crippen molar-refractivity contribution in [3.8, 4) is 0 Å². The van der Waals surface area contributed by atoms with Crippen LogP contribution in [0, 0.1) is 5.92 Å². The van der Waals surface area contributed by atoms with Crippen molar-refractivity contribution in [3.05, 3.63) is 26.6 Å². The molecular weight excluding hydrogens is 358 g/mol. The van der Waals surface area contributed by atoms with Crippen molar-refractivity contribution < 1.29 is 9.53 Å². The summed E-state index contributed by atoms with van der Waals surface area (Å²) in [5.41, 5.74) is 1.15. The van der Waals surface area contributed by atoms with Gasteiger partial charge in [0.25, 0.3) is 5.56 Å². The summed E-state index contributed by atoms with van der Waals surface area (Å²) in [6, 6.07) is 0. The van der Waals surface area contributed by atoms with Crippen LogP contribution >= 0.6 is 23.1 Å². The number of methoxy groups -OCH3 is 1. The molecule has 2 aromatic heterocycles. The Kier molecular flexibility index (Phi) is 6.14. The topological polar surface area (TPSA) is 84.1 Å². The molecule has 3 rings (SSSR count). The van der Waals surface area contributed by atoms with Crippen LogP contribution < -0.4 is 10.9 Å². The lowest BCUT2D eigenvalue weighted by atomic mass is 9.89. The highest BCUT2D eigenvalue weighted by Gasteiger charge is 2.22. The largest absolute Gasteiger partial charge is 0.383 e. The molecule has 0 spiro atoms. The van der Waals surface area contributed by atoms with E-state index in [2.05, 4.69) is 22.2 Å². The third-order valence-electron chi connectivity index (χ3n) is 4.31. The molecule has 0 saturated heterocycles. The predicted molar refractivity (Wildman–Crippen MR) is 102 cm³/mol. The van der Waals surface area contributed by atoms with E-state index in [4.69, 9.17) is 4.74 Å². The van der Waals surface area contributed by atoms with E-state index in [0.717, 1.165) is 29.5 Å². The molecule has 1 amide bonds. The Morgan fingerprint density at radius 3 is 3.16 bits per heavy atom. The number of hydrogen-bond donors (Lipinski definition) is 2. The quantitative estimate of drug-likeness (QED) is 0.718. The lowest BCUT2D eigenvalue weighted by Crippen LogP contribution is -2.28. The monoisotopic (exact) mass is 381 g/mol. The molecule has 0 aromatic carbocycles. The van der Waals surface area contributed by atoms with Gasteiger partial charge in [0.05, 0.1) is 23.5 Å². The van der Waals surface area contributed by atoms with E-state index in [1.165, 1.54) is 22.2 Å². The number of fused-ring (bicyclic) bond motifs is 3. The van der Waals surface area contributed by atoms with Gasteiger partial charge in [0.15, 0.2) is 0 Å². The Hall–Kier alpha value is -1.38. The molecule has 1 atom stereocenters. The van der Waals surface area contributed by atoms with Gasteiger partial charge in [0.1, 0.15) is 10.7 Å². The zero-order chi connectivity index (χ0) is 17.8. The van der Waals surface area contributed by atoms with Crippen molar-refractivity contribution in [1.29, 1.82) is 0 Å². The Morgan fingerprint density at radius 1 is 1.52 bits per heavy atom. The van der Waals surface area contributed by atoms with E-state index in [-0.39, 0.29) is 11.5 Å². The Bertz CT molecular complexity index is 815. The summed E-state index contributed by atoms with van der Waals surface area (Å²) in [7, 11) is 1.60. The van der Waals surface area contributed by atoms with Crippen molar-refractivity contribution in [2.75, 3.05) is 26.0 Å². The fourth-order valence-electron chi connectivity index (χ4n) is 3.05. The van der Waals surface area contributed by atoms with Crippen LogP contribution in [0.5, 0.6) is 0 Å². The number of ether oxygens (including phenoxy) is 1. The van der Waals surface area contributed by atoms with Crippen molar-refractivity contribution in [2.24, 2.45) is 5.92 Å². The maximum absolute atomic E-state index is 12.5. The summed E-state index contributed by atoms with van der Waals surface area (Å²) in [4.78, 5) is 33.8. The van der Waals surface area contributed by atoms with Gasteiger partial charge in [0, 0.05) is 18.5 Å². The molecule has 0 bridgehead atoms. The molecule has 6 nitrogen and oxygen atoms in total. The second-order valence-electron chi connectivity index (χ2n) is 6.38. The average Bonchev–Trinajstić information content (AvgIpc) is 2.92. The van der Waals surface area contributed by atoms with Gasteiger partial charge in [-0.2, -0.15) is 0 Å². The summed E-state index contributed by atoms with van der Waals surface area (Å²) < 4.78 is 4.89. The number of aryl methyl sites for hydroxylation is 1. The highest BCUT2D eigenvalue weighted by Crippen LogP contribution is 2.35. The Morgan fingerprint density at radius 2 is 2.36 bits per heavy atom. The molecule has 1 aliphatic rings. The predicted octanol–water partition coefficient (Wildman–Crippen LogP) is 2.11. The van der Waals surface area contributed by atoms with Crippen molar-refractivity contribution in [1.82, 2.24) is 15.3 Å². The van der Waals surface area contributed by atoms with E-state index in [0.29, 0.717) is 36.4 Å². The Balaban J connectivity index is 1.65. The first-order valence-corrected chi connectivity index (χ1v) is 10.4. The van der Waals surface area contributed by atoms with Crippen LogP contribution in [0.1, 0.15) is 29.6 Å². The minimum absolute atomic E-state index is 0.0361. The second kappa shape index (κ2) is 8.33. The van der Waals surface area contributed by atoms with Gasteiger partial charge in [-0.15, -0.1) is 23.1 Å². The number of carbonyl (C=O) groups is 1. The van der Waals surface area contributed by atoms with E-state index in [9.17, 15) is 9.59 Å². The van der Waals surface area contributed by atoms with E-state index in [1.807, 2.05) is 0 Å². The number of hydrogen-bond acceptors (Lipinski definition) is 6. The standard InChI is InChI=1S/C17H23N3O3S2/c1-10-3-4-11-12(7-10)25-17-15(11)16(22)19-13(20-17)8-24-9-14(21)18-5-6-23-2/h10H,3-9H2,1-2H3,(H,18,21)(H,19,20,22)/t10-/m1/s1. The van der Waals surface area contributed by atoms with Crippen LogP contribution in [0.2, 0.25) is 0 Å². The molecule has 2 N–H and O–H groups in total. The molecule has 0 fully saturated rings. The lowest BCUT2D eigenvalue weighted by molar-refractivity contribution is -0.118. The fraction of sp³-hybridized carbons (Fsp3) is 0.588. The molecule has 0 radical (unpaired) electrons. The third-order valence-corrected chi connectivity index (χ3v) is 6.41. The van der Waals surface area contributed by atoms with Crippen molar-refractivity contribution >= 4 is 39.2 Å². The zero-order valence-corrected chi connectivity index (χ0v) is 16.1. The number of thioether (sulfide) groups is 1. The lowest BCUT2D eigenvalue weighted by Gasteiger charge is -2.17. The number of carbonyl (C=O) groups excluding carboxylic acids is 1. The summed E-state index contributed by atoms with van der Waals surface area (Å²) in [6.45, 7) is 3.27. The first-order chi connectivity index (χ1) is 12.1. The summed E-state index contributed by atoms with van der Waals surface area (Å²) in [5.74, 6) is 2.13. The Labute approximate surface area is 154 Å². The maximum Gasteiger partial charge on any atom is 0.259 e. The average molecular weight is 382 g/mol. The van der Waals surface area contributed by atoms with Crippen LogP contribution in [0.15, 0.2) is 4.79 Å². The fourth-order valence-corrected chi connectivity index (χ4v) is 5.17. The summed E-state index contributed by atoms with van der Waals surface area (Å²) >= 11 is 3.10. The van der Waals surface area contributed by atoms with E-state index in [1.54, 1.807) is 18.4 Å². The van der Waals surface area contributed by atoms with E-state index < -0.39 is 0 Å². The highest BCUT2D eigenvalue weighted by molar-refractivity contribution is 7.99. The summed E-state index contributed by atoms with van der Waals surface area (Å²) in [5, 5.41) is 3.55. The molecule has 25 heavy (non-hydrogen) atoms. The normalized spacial score (nSPS) is 16.8. The van der Waals surface area contributed by atoms with Gasteiger partial charge in [-0.1, -0.05) is 6.92 Å². The number of H-pyrrole nitrogens is 1. The molecule has 2 aromatic rings. The first-order valence-electron chi connectivity index (χ1n) is 8.45. The number of amides is 1. The summed E-state index contributed by atoms with van der Waals surface area (Å²) in [6.07, 6.45) is 3.15. The molecule has 0 unspecified atom stereocenters. The van der Waals surface area contributed by atoms with Gasteiger partial charge in [0.2, 0.25) is 5.91 Å². The number of nitrogens with zero attached hydrogens (tertiary/aromatic N) is 1. The highest BCUT2D eigenvalue weighted by atomic mass is 32.2. The van der Waals surface area contributed by atoms with Crippen molar-refractivity contribution in [2.45, 2.75) is 31.9 Å². The molecule has 8 heteroatoms.